The minimum atomic E-state index is -3.91. The van der Waals surface area contributed by atoms with E-state index in [1.807, 2.05) is 13.8 Å². The second kappa shape index (κ2) is 9.21. The van der Waals surface area contributed by atoms with Gasteiger partial charge in [0.25, 0.3) is 0 Å². The van der Waals surface area contributed by atoms with Gasteiger partial charge in [0.05, 0.1) is 12.0 Å². The maximum Gasteiger partial charge on any atom is 0.324 e. The topological polar surface area (TPSA) is 63.7 Å². The molecule has 5 nitrogen and oxygen atoms in total. The minimum Gasteiger partial charge on any atom is -0.468 e. The fraction of sp³-hybridized carbons (Fsp3) is 0.471. The number of methoxy groups -OCH3 is 1. The smallest absolute Gasteiger partial charge is 0.324 e. The average Bonchev–Trinajstić information content (AvgIpc) is 2.53. The molecule has 7 heteroatoms. The number of terminal acetylenes is 1. The van der Waals surface area contributed by atoms with Gasteiger partial charge in [-0.15, -0.1) is 12.3 Å². The van der Waals surface area contributed by atoms with E-state index in [9.17, 15) is 13.2 Å². The second-order valence-corrected chi connectivity index (χ2v) is 8.38. The summed E-state index contributed by atoms with van der Waals surface area (Å²) in [6, 6.07) is 5.57. The van der Waals surface area contributed by atoms with Gasteiger partial charge in [-0.1, -0.05) is 26.0 Å². The molecule has 0 heterocycles. The molecule has 1 rings (SSSR count). The first-order valence-electron chi connectivity index (χ1n) is 7.53. The number of hydrogen-bond acceptors (Lipinski definition) is 4. The van der Waals surface area contributed by atoms with Crippen LogP contribution in [0.5, 0.6) is 0 Å². The Labute approximate surface area is 152 Å². The number of carbonyl (C=O) groups is 1. The summed E-state index contributed by atoms with van der Waals surface area (Å²) in [6.07, 6.45) is 5.85. The van der Waals surface area contributed by atoms with Crippen molar-refractivity contribution in [3.63, 3.8) is 0 Å². The molecule has 0 aromatic heterocycles. The van der Waals surface area contributed by atoms with Gasteiger partial charge in [-0.05, 0) is 40.4 Å². The van der Waals surface area contributed by atoms with Crippen LogP contribution in [-0.4, -0.2) is 38.4 Å². The number of esters is 1. The van der Waals surface area contributed by atoms with Crippen molar-refractivity contribution in [3.8, 4) is 12.3 Å². The van der Waals surface area contributed by atoms with Crippen molar-refractivity contribution in [2.45, 2.75) is 37.6 Å². The standard InChI is InChI=1S/C17H22BrNO4S/c1-5-6-11-19(15(12-13(2)3)17(20)23-4)24(21,22)16-10-8-7-9-14(16)18/h1,7-10,13,15H,6,11-12H2,2-4H3/t15-/m0/s1. The minimum absolute atomic E-state index is 0.0483. The molecule has 0 bridgehead atoms. The van der Waals surface area contributed by atoms with Gasteiger partial charge in [-0.25, -0.2) is 8.42 Å². The van der Waals surface area contributed by atoms with Crippen molar-refractivity contribution in [1.29, 1.82) is 0 Å². The highest BCUT2D eigenvalue weighted by molar-refractivity contribution is 9.10. The molecule has 0 unspecified atom stereocenters. The lowest BCUT2D eigenvalue weighted by molar-refractivity contribution is -0.145. The van der Waals surface area contributed by atoms with Gasteiger partial charge < -0.3 is 4.74 Å². The Morgan fingerprint density at radius 2 is 2.00 bits per heavy atom. The molecule has 24 heavy (non-hydrogen) atoms. The number of nitrogens with zero attached hydrogens (tertiary/aromatic N) is 1. The summed E-state index contributed by atoms with van der Waals surface area (Å²) in [6.45, 7) is 3.88. The predicted octanol–water partition coefficient (Wildman–Crippen LogP) is 3.05. The first-order valence-corrected chi connectivity index (χ1v) is 9.76. The fourth-order valence-corrected chi connectivity index (χ4v) is 4.87. The van der Waals surface area contributed by atoms with E-state index >= 15 is 0 Å². The van der Waals surface area contributed by atoms with Crippen molar-refractivity contribution in [1.82, 2.24) is 4.31 Å². The number of carbonyl (C=O) groups excluding carboxylic acids is 1. The Morgan fingerprint density at radius 3 is 2.50 bits per heavy atom. The summed E-state index contributed by atoms with van der Waals surface area (Å²) in [7, 11) is -2.66. The van der Waals surface area contributed by atoms with Crippen LogP contribution < -0.4 is 0 Å². The number of hydrogen-bond donors (Lipinski definition) is 0. The Morgan fingerprint density at radius 1 is 1.38 bits per heavy atom. The summed E-state index contributed by atoms with van der Waals surface area (Å²) in [5.74, 6) is 1.95. The second-order valence-electron chi connectivity index (χ2n) is 5.67. The first-order chi connectivity index (χ1) is 11.3. The summed E-state index contributed by atoms with van der Waals surface area (Å²) < 4.78 is 32.7. The molecule has 0 saturated heterocycles. The molecule has 0 fully saturated rings. The molecule has 0 spiro atoms. The van der Waals surface area contributed by atoms with Crippen molar-refractivity contribution in [3.05, 3.63) is 28.7 Å². The molecular weight excluding hydrogens is 394 g/mol. The van der Waals surface area contributed by atoms with Crippen molar-refractivity contribution >= 4 is 31.9 Å². The monoisotopic (exact) mass is 415 g/mol. The van der Waals surface area contributed by atoms with E-state index in [1.165, 1.54) is 13.2 Å². The Balaban J connectivity index is 3.40. The van der Waals surface area contributed by atoms with E-state index in [1.54, 1.807) is 18.2 Å². The van der Waals surface area contributed by atoms with E-state index < -0.39 is 22.0 Å². The van der Waals surface area contributed by atoms with Gasteiger partial charge in [0.1, 0.15) is 6.04 Å². The lowest BCUT2D eigenvalue weighted by Gasteiger charge is -2.30. The molecule has 1 aromatic rings. The van der Waals surface area contributed by atoms with Gasteiger partial charge >= 0.3 is 5.97 Å². The molecule has 1 aromatic carbocycles. The van der Waals surface area contributed by atoms with E-state index in [-0.39, 0.29) is 23.8 Å². The van der Waals surface area contributed by atoms with Crippen LogP contribution in [0.1, 0.15) is 26.7 Å². The SMILES string of the molecule is C#CCCN([C@@H](CC(C)C)C(=O)OC)S(=O)(=O)c1ccccc1Br. The molecule has 0 radical (unpaired) electrons. The summed E-state index contributed by atoms with van der Waals surface area (Å²) in [4.78, 5) is 12.3. The number of sulfonamides is 1. The van der Waals surface area contributed by atoms with Crippen molar-refractivity contribution < 1.29 is 17.9 Å². The highest BCUT2D eigenvalue weighted by Crippen LogP contribution is 2.28. The average molecular weight is 416 g/mol. The van der Waals surface area contributed by atoms with Crippen LogP contribution in [0.3, 0.4) is 0 Å². The first kappa shape index (κ1) is 20.7. The number of rotatable bonds is 8. The molecule has 0 aliphatic heterocycles. The summed E-state index contributed by atoms with van der Waals surface area (Å²) in [5.41, 5.74) is 0. The molecular formula is C17H22BrNO4S. The van der Waals surface area contributed by atoms with Crippen LogP contribution in [0.4, 0.5) is 0 Å². The normalized spacial score (nSPS) is 12.9. The van der Waals surface area contributed by atoms with Crippen LogP contribution in [0.25, 0.3) is 0 Å². The van der Waals surface area contributed by atoms with E-state index in [4.69, 9.17) is 11.2 Å². The van der Waals surface area contributed by atoms with Gasteiger partial charge in [0.2, 0.25) is 10.0 Å². The highest BCUT2D eigenvalue weighted by Gasteiger charge is 2.37. The van der Waals surface area contributed by atoms with Crippen molar-refractivity contribution in [2.75, 3.05) is 13.7 Å². The van der Waals surface area contributed by atoms with E-state index in [0.29, 0.717) is 10.9 Å². The largest absolute Gasteiger partial charge is 0.468 e. The highest BCUT2D eigenvalue weighted by atomic mass is 79.9. The van der Waals surface area contributed by atoms with Crippen LogP contribution in [0, 0.1) is 18.3 Å². The molecule has 1 atom stereocenters. The van der Waals surface area contributed by atoms with Gasteiger partial charge in [0, 0.05) is 17.4 Å². The molecule has 0 amide bonds. The Hall–Kier alpha value is -1.36. The zero-order valence-corrected chi connectivity index (χ0v) is 16.4. The summed E-state index contributed by atoms with van der Waals surface area (Å²) in [5, 5.41) is 0. The molecule has 0 N–H and O–H groups in total. The molecule has 132 valence electrons. The summed E-state index contributed by atoms with van der Waals surface area (Å²) >= 11 is 3.26. The predicted molar refractivity (Wildman–Crippen MR) is 96.7 cm³/mol. The number of ether oxygens (including phenoxy) is 1. The molecule has 0 aliphatic carbocycles. The third kappa shape index (κ3) is 5.07. The van der Waals surface area contributed by atoms with Crippen LogP contribution in [-0.2, 0) is 19.6 Å². The lowest BCUT2D eigenvalue weighted by atomic mass is 10.0. The Bertz CT molecular complexity index is 710. The zero-order chi connectivity index (χ0) is 18.3. The quantitative estimate of drug-likeness (QED) is 0.483. The van der Waals surface area contributed by atoms with Gasteiger partial charge in [0.15, 0.2) is 0 Å². The zero-order valence-electron chi connectivity index (χ0n) is 14.0. The maximum atomic E-state index is 13.1. The number of benzene rings is 1. The molecule has 0 saturated carbocycles. The van der Waals surface area contributed by atoms with E-state index in [0.717, 1.165) is 4.31 Å². The van der Waals surface area contributed by atoms with Crippen LogP contribution in [0.2, 0.25) is 0 Å². The van der Waals surface area contributed by atoms with Gasteiger partial charge in [-0.2, -0.15) is 4.31 Å². The molecule has 0 aliphatic rings. The number of halogens is 1. The van der Waals surface area contributed by atoms with Crippen LogP contribution in [0.15, 0.2) is 33.6 Å². The maximum absolute atomic E-state index is 13.1. The fourth-order valence-electron chi connectivity index (χ4n) is 2.31. The van der Waals surface area contributed by atoms with Gasteiger partial charge in [-0.3, -0.25) is 4.79 Å². The lowest BCUT2D eigenvalue weighted by Crippen LogP contribution is -2.46. The third-order valence-corrected chi connectivity index (χ3v) is 6.34. The van der Waals surface area contributed by atoms with Crippen LogP contribution >= 0.6 is 15.9 Å². The third-order valence-electron chi connectivity index (χ3n) is 3.42. The Kier molecular flexibility index (Phi) is 7.94. The van der Waals surface area contributed by atoms with Crippen molar-refractivity contribution in [2.24, 2.45) is 5.92 Å². The van der Waals surface area contributed by atoms with E-state index in [2.05, 4.69) is 21.9 Å².